The molecule has 0 saturated carbocycles. The van der Waals surface area contributed by atoms with Crippen LogP contribution in [0.1, 0.15) is 44.6 Å². The average Bonchev–Trinajstić information content (AvgIpc) is 2.17. The van der Waals surface area contributed by atoms with E-state index >= 15 is 0 Å². The lowest BCUT2D eigenvalue weighted by atomic mass is 9.74. The Morgan fingerprint density at radius 2 is 2.24 bits per heavy atom. The Kier molecular flexibility index (Phi) is 3.25. The molecule has 0 fully saturated rings. The molecular formula is C13H16BrNO2. The summed E-state index contributed by atoms with van der Waals surface area (Å²) in [6.07, 6.45) is 1.58. The largest absolute Gasteiger partial charge is 0.456 e. The molecule has 1 aliphatic carbocycles. The van der Waals surface area contributed by atoms with Crippen LogP contribution in [-0.2, 0) is 16.0 Å². The summed E-state index contributed by atoms with van der Waals surface area (Å²) in [5.74, 6) is -0.250. The topological polar surface area (TPSA) is 39.2 Å². The number of fused-ring (bicyclic) bond motifs is 1. The molecule has 0 aliphatic heterocycles. The third kappa shape index (κ3) is 2.86. The van der Waals surface area contributed by atoms with Crippen molar-refractivity contribution in [2.45, 2.75) is 39.7 Å². The fourth-order valence-corrected chi connectivity index (χ4v) is 2.71. The number of carbonyl (C=O) groups is 1. The van der Waals surface area contributed by atoms with Crippen LogP contribution in [0.5, 0.6) is 0 Å². The maximum atomic E-state index is 11.2. The summed E-state index contributed by atoms with van der Waals surface area (Å²) in [4.78, 5) is 15.6. The van der Waals surface area contributed by atoms with Crippen molar-refractivity contribution >= 4 is 21.9 Å². The molecular weight excluding hydrogens is 282 g/mol. The van der Waals surface area contributed by atoms with Gasteiger partial charge in [0.05, 0.1) is 5.69 Å². The van der Waals surface area contributed by atoms with Crippen molar-refractivity contribution < 1.29 is 9.53 Å². The molecule has 1 aromatic heterocycles. The van der Waals surface area contributed by atoms with E-state index in [4.69, 9.17) is 4.74 Å². The lowest BCUT2D eigenvalue weighted by Gasteiger charge is -2.35. The maximum Gasteiger partial charge on any atom is 0.303 e. The number of hydrogen-bond donors (Lipinski definition) is 0. The third-order valence-electron chi connectivity index (χ3n) is 3.00. The quantitative estimate of drug-likeness (QED) is 0.589. The molecule has 0 saturated heterocycles. The van der Waals surface area contributed by atoms with Crippen molar-refractivity contribution in [3.8, 4) is 0 Å². The lowest BCUT2D eigenvalue weighted by molar-refractivity contribution is -0.149. The number of halogens is 1. The molecule has 0 aromatic carbocycles. The summed E-state index contributed by atoms with van der Waals surface area (Å²) >= 11 is 3.36. The Balaban J connectivity index is 2.40. The van der Waals surface area contributed by atoms with Crippen molar-refractivity contribution in [1.29, 1.82) is 0 Å². The van der Waals surface area contributed by atoms with Gasteiger partial charge in [0.1, 0.15) is 10.7 Å². The average molecular weight is 298 g/mol. The molecule has 0 radical (unpaired) electrons. The highest BCUT2D eigenvalue weighted by Crippen LogP contribution is 2.42. The second-order valence-corrected chi connectivity index (χ2v) is 6.13. The highest BCUT2D eigenvalue weighted by atomic mass is 79.9. The van der Waals surface area contributed by atoms with Gasteiger partial charge in [-0.15, -0.1) is 0 Å². The van der Waals surface area contributed by atoms with E-state index in [9.17, 15) is 4.79 Å². The van der Waals surface area contributed by atoms with Crippen LogP contribution in [0, 0.1) is 5.41 Å². The molecule has 3 nitrogen and oxygen atoms in total. The molecule has 0 spiro atoms. The first-order valence-corrected chi connectivity index (χ1v) is 6.49. The SMILES string of the molecule is CC(=O)OC1CC(C)(C)Cc2ccc(Br)nc21. The minimum absolute atomic E-state index is 0.141. The number of rotatable bonds is 1. The zero-order chi connectivity index (χ0) is 12.6. The van der Waals surface area contributed by atoms with Gasteiger partial charge in [0.2, 0.25) is 0 Å². The molecule has 17 heavy (non-hydrogen) atoms. The summed E-state index contributed by atoms with van der Waals surface area (Å²) < 4.78 is 6.17. The molecule has 4 heteroatoms. The van der Waals surface area contributed by atoms with Gasteiger partial charge in [0.25, 0.3) is 0 Å². The smallest absolute Gasteiger partial charge is 0.303 e. The Morgan fingerprint density at radius 3 is 2.88 bits per heavy atom. The summed E-state index contributed by atoms with van der Waals surface area (Å²) in [6.45, 7) is 5.82. The molecule has 0 N–H and O–H groups in total. The van der Waals surface area contributed by atoms with Crippen molar-refractivity contribution in [1.82, 2.24) is 4.98 Å². The molecule has 1 atom stereocenters. The lowest BCUT2D eigenvalue weighted by Crippen LogP contribution is -2.28. The van der Waals surface area contributed by atoms with Crippen molar-refractivity contribution in [2.24, 2.45) is 5.41 Å². The van der Waals surface area contributed by atoms with Crippen LogP contribution in [0.3, 0.4) is 0 Å². The second kappa shape index (κ2) is 4.41. The maximum absolute atomic E-state index is 11.2. The predicted molar refractivity (Wildman–Crippen MR) is 68.5 cm³/mol. The molecule has 0 amide bonds. The standard InChI is InChI=1S/C13H16BrNO2/c1-8(16)17-10-7-13(2,3)6-9-4-5-11(14)15-12(9)10/h4-5,10H,6-7H2,1-3H3. The van der Waals surface area contributed by atoms with E-state index in [0.717, 1.165) is 23.1 Å². The highest BCUT2D eigenvalue weighted by Gasteiger charge is 2.35. The van der Waals surface area contributed by atoms with Crippen molar-refractivity contribution in [3.05, 3.63) is 28.0 Å². The first-order valence-electron chi connectivity index (χ1n) is 5.70. The fourth-order valence-electron chi connectivity index (χ4n) is 2.39. The van der Waals surface area contributed by atoms with Gasteiger partial charge in [-0.1, -0.05) is 19.9 Å². The van der Waals surface area contributed by atoms with Crippen LogP contribution < -0.4 is 0 Å². The first kappa shape index (κ1) is 12.6. The van der Waals surface area contributed by atoms with E-state index in [1.165, 1.54) is 12.5 Å². The monoisotopic (exact) mass is 297 g/mol. The molecule has 1 heterocycles. The Hall–Kier alpha value is -0.900. The van der Waals surface area contributed by atoms with Crippen LogP contribution in [-0.4, -0.2) is 11.0 Å². The Morgan fingerprint density at radius 1 is 1.53 bits per heavy atom. The van der Waals surface area contributed by atoms with E-state index in [0.29, 0.717) is 0 Å². The predicted octanol–water partition coefficient (Wildman–Crippen LogP) is 3.42. The normalized spacial score (nSPS) is 21.8. The highest BCUT2D eigenvalue weighted by molar-refractivity contribution is 9.10. The number of nitrogens with zero attached hydrogens (tertiary/aromatic N) is 1. The van der Waals surface area contributed by atoms with E-state index < -0.39 is 0 Å². The van der Waals surface area contributed by atoms with Gasteiger partial charge in [-0.3, -0.25) is 4.79 Å². The van der Waals surface area contributed by atoms with Gasteiger partial charge in [-0.05, 0) is 45.8 Å². The van der Waals surface area contributed by atoms with Crippen molar-refractivity contribution in [2.75, 3.05) is 0 Å². The van der Waals surface area contributed by atoms with Crippen LogP contribution in [0.15, 0.2) is 16.7 Å². The summed E-state index contributed by atoms with van der Waals surface area (Å²) in [5.41, 5.74) is 2.22. The minimum atomic E-state index is -0.250. The van der Waals surface area contributed by atoms with Crippen LogP contribution in [0.4, 0.5) is 0 Å². The fraction of sp³-hybridized carbons (Fsp3) is 0.538. The summed E-state index contributed by atoms with van der Waals surface area (Å²) in [5, 5.41) is 0. The number of esters is 1. The third-order valence-corrected chi connectivity index (χ3v) is 3.44. The van der Waals surface area contributed by atoms with Gasteiger partial charge < -0.3 is 4.74 Å². The molecule has 92 valence electrons. The summed E-state index contributed by atoms with van der Waals surface area (Å²) in [7, 11) is 0. The molecule has 1 unspecified atom stereocenters. The van der Waals surface area contributed by atoms with Gasteiger partial charge in [-0.25, -0.2) is 4.98 Å². The van der Waals surface area contributed by atoms with E-state index in [1.807, 2.05) is 6.07 Å². The first-order chi connectivity index (χ1) is 7.87. The number of aromatic nitrogens is 1. The molecule has 0 bridgehead atoms. The zero-order valence-corrected chi connectivity index (χ0v) is 11.9. The van der Waals surface area contributed by atoms with Gasteiger partial charge in [0, 0.05) is 6.92 Å². The number of hydrogen-bond acceptors (Lipinski definition) is 3. The molecule has 1 aliphatic rings. The van der Waals surface area contributed by atoms with E-state index in [2.05, 4.69) is 40.8 Å². The van der Waals surface area contributed by atoms with Crippen LogP contribution >= 0.6 is 15.9 Å². The van der Waals surface area contributed by atoms with Crippen LogP contribution in [0.25, 0.3) is 0 Å². The molecule has 1 aromatic rings. The number of carbonyl (C=O) groups excluding carboxylic acids is 1. The zero-order valence-electron chi connectivity index (χ0n) is 10.3. The van der Waals surface area contributed by atoms with Gasteiger partial charge >= 0.3 is 5.97 Å². The number of pyridine rings is 1. The Labute approximate surface area is 110 Å². The van der Waals surface area contributed by atoms with Crippen LogP contribution in [0.2, 0.25) is 0 Å². The van der Waals surface area contributed by atoms with Gasteiger partial charge in [0.15, 0.2) is 0 Å². The summed E-state index contributed by atoms with van der Waals surface area (Å²) in [6, 6.07) is 3.99. The van der Waals surface area contributed by atoms with Crippen molar-refractivity contribution in [3.63, 3.8) is 0 Å². The minimum Gasteiger partial charge on any atom is -0.456 e. The molecule has 2 rings (SSSR count). The van der Waals surface area contributed by atoms with Gasteiger partial charge in [-0.2, -0.15) is 0 Å². The number of ether oxygens (including phenoxy) is 1. The second-order valence-electron chi connectivity index (χ2n) is 5.32. The Bertz CT molecular complexity index is 457. The van der Waals surface area contributed by atoms with E-state index in [1.54, 1.807) is 0 Å². The van der Waals surface area contributed by atoms with E-state index in [-0.39, 0.29) is 17.5 Å².